The molecule has 1 atom stereocenters. The fraction of sp³-hybridized carbons (Fsp3) is 0.929. The van der Waals surface area contributed by atoms with Crippen LogP contribution in [-0.2, 0) is 4.79 Å². The van der Waals surface area contributed by atoms with E-state index in [1.807, 2.05) is 0 Å². The maximum Gasteiger partial charge on any atom is 0.132 e. The lowest BCUT2D eigenvalue weighted by molar-refractivity contribution is -0.121. The van der Waals surface area contributed by atoms with Gasteiger partial charge in [0.2, 0.25) is 0 Å². The Labute approximate surface area is 95.6 Å². The van der Waals surface area contributed by atoms with Crippen LogP contribution in [0.3, 0.4) is 0 Å². The number of unbranched alkanes of at least 4 members (excludes halogenated alkanes) is 5. The van der Waals surface area contributed by atoms with E-state index in [1.165, 1.54) is 44.9 Å². The van der Waals surface area contributed by atoms with Gasteiger partial charge in [-0.25, -0.2) is 0 Å². The second-order valence-corrected chi connectivity index (χ2v) is 4.65. The van der Waals surface area contributed by atoms with Crippen molar-refractivity contribution in [2.75, 3.05) is 0 Å². The first-order valence-electron chi connectivity index (χ1n) is 6.72. The highest BCUT2D eigenvalue weighted by Gasteiger charge is 2.12. The molecule has 0 aromatic rings. The molecule has 0 saturated carbocycles. The first-order valence-corrected chi connectivity index (χ1v) is 6.72. The molecule has 0 aromatic carbocycles. The van der Waals surface area contributed by atoms with E-state index in [9.17, 15) is 4.79 Å². The lowest BCUT2D eigenvalue weighted by Gasteiger charge is -2.12. The molecule has 0 heterocycles. The number of hydrogen-bond acceptors (Lipinski definition) is 1. The fourth-order valence-electron chi connectivity index (χ4n) is 2.00. The monoisotopic (exact) mass is 212 g/mol. The highest BCUT2D eigenvalue weighted by molar-refractivity contribution is 5.78. The molecule has 0 amide bonds. The van der Waals surface area contributed by atoms with Gasteiger partial charge in [-0.15, -0.1) is 0 Å². The molecule has 0 rings (SSSR count). The third-order valence-corrected chi connectivity index (χ3v) is 3.14. The van der Waals surface area contributed by atoms with E-state index >= 15 is 0 Å². The Kier molecular flexibility index (Phi) is 9.97. The zero-order valence-electron chi connectivity index (χ0n) is 10.8. The van der Waals surface area contributed by atoms with E-state index < -0.39 is 0 Å². The van der Waals surface area contributed by atoms with Crippen LogP contribution in [0.4, 0.5) is 0 Å². The van der Waals surface area contributed by atoms with Gasteiger partial charge >= 0.3 is 0 Å². The number of carbonyl (C=O) groups is 1. The minimum absolute atomic E-state index is 0.353. The average Bonchev–Trinajstić information content (AvgIpc) is 2.21. The molecular formula is C14H28O. The summed E-state index contributed by atoms with van der Waals surface area (Å²) >= 11 is 0. The maximum atomic E-state index is 11.4. The Morgan fingerprint density at radius 3 is 1.93 bits per heavy atom. The molecule has 0 aliphatic carbocycles. The van der Waals surface area contributed by atoms with E-state index in [1.54, 1.807) is 6.92 Å². The van der Waals surface area contributed by atoms with Crippen molar-refractivity contribution in [3.63, 3.8) is 0 Å². The smallest absolute Gasteiger partial charge is 0.132 e. The molecule has 1 nitrogen and oxygen atoms in total. The van der Waals surface area contributed by atoms with Gasteiger partial charge in [0, 0.05) is 5.92 Å². The van der Waals surface area contributed by atoms with Crippen LogP contribution in [0.5, 0.6) is 0 Å². The predicted octanol–water partition coefficient (Wildman–Crippen LogP) is 4.74. The van der Waals surface area contributed by atoms with Crippen LogP contribution in [0.1, 0.15) is 78.6 Å². The Bertz CT molecular complexity index is 151. The fourth-order valence-corrected chi connectivity index (χ4v) is 2.00. The van der Waals surface area contributed by atoms with E-state index in [4.69, 9.17) is 0 Å². The molecule has 15 heavy (non-hydrogen) atoms. The lowest BCUT2D eigenvalue weighted by Crippen LogP contribution is -2.10. The minimum Gasteiger partial charge on any atom is -0.300 e. The summed E-state index contributed by atoms with van der Waals surface area (Å²) in [6.07, 6.45) is 11.2. The number of hydrogen-bond donors (Lipinski definition) is 0. The molecule has 0 radical (unpaired) electrons. The van der Waals surface area contributed by atoms with Crippen LogP contribution in [0.25, 0.3) is 0 Å². The van der Waals surface area contributed by atoms with Crippen molar-refractivity contribution < 1.29 is 4.79 Å². The van der Waals surface area contributed by atoms with Crippen LogP contribution in [0.15, 0.2) is 0 Å². The summed E-state index contributed by atoms with van der Waals surface area (Å²) in [5, 5.41) is 0. The lowest BCUT2D eigenvalue weighted by atomic mass is 9.92. The van der Waals surface area contributed by atoms with Gasteiger partial charge in [-0.3, -0.25) is 4.79 Å². The van der Waals surface area contributed by atoms with Gasteiger partial charge in [0.15, 0.2) is 0 Å². The molecule has 0 aromatic heterocycles. The zero-order chi connectivity index (χ0) is 11.5. The topological polar surface area (TPSA) is 17.1 Å². The van der Waals surface area contributed by atoms with E-state index in [-0.39, 0.29) is 0 Å². The number of ketones is 1. The maximum absolute atomic E-state index is 11.4. The molecule has 90 valence electrons. The summed E-state index contributed by atoms with van der Waals surface area (Å²) < 4.78 is 0. The van der Waals surface area contributed by atoms with Gasteiger partial charge < -0.3 is 0 Å². The average molecular weight is 212 g/mol. The van der Waals surface area contributed by atoms with Crippen LogP contribution >= 0.6 is 0 Å². The zero-order valence-corrected chi connectivity index (χ0v) is 10.8. The molecule has 0 fully saturated rings. The summed E-state index contributed by atoms with van der Waals surface area (Å²) in [4.78, 5) is 11.4. The third-order valence-electron chi connectivity index (χ3n) is 3.14. The normalized spacial score (nSPS) is 12.7. The van der Waals surface area contributed by atoms with Gasteiger partial charge in [0.1, 0.15) is 5.78 Å². The molecule has 0 saturated heterocycles. The van der Waals surface area contributed by atoms with E-state index in [0.29, 0.717) is 11.7 Å². The molecule has 0 aliphatic rings. The van der Waals surface area contributed by atoms with Crippen molar-refractivity contribution >= 4 is 5.78 Å². The number of carbonyl (C=O) groups excluding carboxylic acids is 1. The quantitative estimate of drug-likeness (QED) is 0.478. The van der Waals surface area contributed by atoms with Crippen LogP contribution in [0.2, 0.25) is 0 Å². The first kappa shape index (κ1) is 14.7. The Morgan fingerprint density at radius 1 is 0.867 bits per heavy atom. The summed E-state index contributed by atoms with van der Waals surface area (Å²) in [6, 6.07) is 0. The highest BCUT2D eigenvalue weighted by atomic mass is 16.1. The Balaban J connectivity index is 3.53. The van der Waals surface area contributed by atoms with Crippen LogP contribution in [0, 0.1) is 5.92 Å². The summed E-state index contributed by atoms with van der Waals surface area (Å²) in [5.41, 5.74) is 0. The predicted molar refractivity (Wildman–Crippen MR) is 67.1 cm³/mol. The second kappa shape index (κ2) is 10.2. The number of Topliss-reactive ketones (excluding diaryl/α,β-unsaturated/α-hetero) is 1. The van der Waals surface area contributed by atoms with Crippen molar-refractivity contribution in [1.29, 1.82) is 0 Å². The Hall–Kier alpha value is -0.330. The number of rotatable bonds is 10. The van der Waals surface area contributed by atoms with Crippen molar-refractivity contribution in [3.8, 4) is 0 Å². The molecule has 1 unspecified atom stereocenters. The molecule has 0 aliphatic heterocycles. The molecule has 0 spiro atoms. The van der Waals surface area contributed by atoms with Crippen LogP contribution in [-0.4, -0.2) is 5.78 Å². The molecule has 0 N–H and O–H groups in total. The molecule has 0 bridgehead atoms. The third kappa shape index (κ3) is 8.65. The van der Waals surface area contributed by atoms with Crippen molar-refractivity contribution in [2.24, 2.45) is 5.92 Å². The summed E-state index contributed by atoms with van der Waals surface area (Å²) in [6.45, 7) is 6.18. The van der Waals surface area contributed by atoms with E-state index in [2.05, 4.69) is 13.8 Å². The van der Waals surface area contributed by atoms with Crippen LogP contribution < -0.4 is 0 Å². The summed E-state index contributed by atoms with van der Waals surface area (Å²) in [5.74, 6) is 0.755. The first-order chi connectivity index (χ1) is 7.22. The van der Waals surface area contributed by atoms with E-state index in [0.717, 1.165) is 12.8 Å². The Morgan fingerprint density at radius 2 is 1.40 bits per heavy atom. The SMILES string of the molecule is CCCCCCCC(CCCC)C(C)=O. The van der Waals surface area contributed by atoms with Crippen molar-refractivity contribution in [2.45, 2.75) is 78.6 Å². The van der Waals surface area contributed by atoms with Gasteiger partial charge in [-0.2, -0.15) is 0 Å². The van der Waals surface area contributed by atoms with Gasteiger partial charge in [-0.05, 0) is 19.8 Å². The second-order valence-electron chi connectivity index (χ2n) is 4.65. The molecule has 1 heteroatoms. The minimum atomic E-state index is 0.353. The standard InChI is InChI=1S/C14H28O/c1-4-6-8-9-10-12-14(13(3)15)11-7-5-2/h14H,4-12H2,1-3H3. The van der Waals surface area contributed by atoms with Crippen molar-refractivity contribution in [1.82, 2.24) is 0 Å². The summed E-state index contributed by atoms with van der Waals surface area (Å²) in [7, 11) is 0. The largest absolute Gasteiger partial charge is 0.300 e. The van der Waals surface area contributed by atoms with Gasteiger partial charge in [-0.1, -0.05) is 58.8 Å². The highest BCUT2D eigenvalue weighted by Crippen LogP contribution is 2.18. The van der Waals surface area contributed by atoms with Crippen molar-refractivity contribution in [3.05, 3.63) is 0 Å². The molecular weight excluding hydrogens is 184 g/mol. The van der Waals surface area contributed by atoms with Gasteiger partial charge in [0.05, 0.1) is 0 Å². The van der Waals surface area contributed by atoms with Gasteiger partial charge in [0.25, 0.3) is 0 Å².